The quantitative estimate of drug-likeness (QED) is 0.474. The highest BCUT2D eigenvalue weighted by molar-refractivity contribution is 9.10. The van der Waals surface area contributed by atoms with Gasteiger partial charge >= 0.3 is 0 Å². The molecule has 1 heterocycles. The molecule has 3 rings (SSSR count). The predicted molar refractivity (Wildman–Crippen MR) is 104 cm³/mol. The highest BCUT2D eigenvalue weighted by atomic mass is 79.9. The summed E-state index contributed by atoms with van der Waals surface area (Å²) in [6.45, 7) is 0.514. The van der Waals surface area contributed by atoms with Crippen molar-refractivity contribution in [3.05, 3.63) is 81.0 Å². The van der Waals surface area contributed by atoms with Gasteiger partial charge in [0, 0.05) is 11.2 Å². The van der Waals surface area contributed by atoms with Crippen molar-refractivity contribution in [1.29, 1.82) is 0 Å². The van der Waals surface area contributed by atoms with E-state index in [-0.39, 0.29) is 11.4 Å². The fraction of sp³-hybridized carbons (Fsp3) is 0.0556. The van der Waals surface area contributed by atoms with Gasteiger partial charge in [0.15, 0.2) is 5.69 Å². The van der Waals surface area contributed by atoms with Crippen molar-refractivity contribution in [3.63, 3.8) is 0 Å². The van der Waals surface area contributed by atoms with Crippen LogP contribution in [0.1, 0.15) is 21.6 Å². The second-order valence-electron chi connectivity index (χ2n) is 5.44. The van der Waals surface area contributed by atoms with Crippen LogP contribution in [0.5, 0.6) is 5.75 Å². The largest absolute Gasteiger partial charge is 0.508 e. The van der Waals surface area contributed by atoms with Crippen LogP contribution in [0.25, 0.3) is 0 Å². The number of aromatic nitrogens is 2. The summed E-state index contributed by atoms with van der Waals surface area (Å²) in [5.74, 6) is -0.261. The smallest absolute Gasteiger partial charge is 0.293 e. The molecule has 0 aliphatic heterocycles. The fourth-order valence-corrected chi connectivity index (χ4v) is 2.81. The molecule has 132 valence electrons. The number of nitrogens with one attached hydrogen (secondary N) is 1. The molecule has 0 aliphatic rings. The van der Waals surface area contributed by atoms with Gasteiger partial charge in [-0.05, 0) is 63.5 Å². The van der Waals surface area contributed by atoms with Crippen LogP contribution in [-0.2, 0) is 6.54 Å². The molecule has 1 aromatic heterocycles. The lowest BCUT2D eigenvalue weighted by molar-refractivity contribution is 0.0948. The molecule has 2 aromatic carbocycles. The number of hydrogen-bond donors (Lipinski definition) is 2. The average Bonchev–Trinajstić information content (AvgIpc) is 2.99. The van der Waals surface area contributed by atoms with Crippen LogP contribution in [0.15, 0.2) is 64.3 Å². The van der Waals surface area contributed by atoms with E-state index in [9.17, 15) is 9.90 Å². The molecule has 3 aromatic rings. The van der Waals surface area contributed by atoms with Crippen molar-refractivity contribution in [3.8, 4) is 5.75 Å². The van der Waals surface area contributed by atoms with Gasteiger partial charge in [-0.2, -0.15) is 10.2 Å². The maximum Gasteiger partial charge on any atom is 0.293 e. The molecule has 0 bridgehead atoms. The zero-order chi connectivity index (χ0) is 18.5. The zero-order valence-electron chi connectivity index (χ0n) is 13.4. The first-order valence-corrected chi connectivity index (χ1v) is 8.78. The Bertz CT molecular complexity index is 937. The third-order valence-electron chi connectivity index (χ3n) is 3.46. The first-order chi connectivity index (χ1) is 12.5. The number of amides is 1. The maximum atomic E-state index is 12.2. The molecule has 0 unspecified atom stereocenters. The summed E-state index contributed by atoms with van der Waals surface area (Å²) in [7, 11) is 0. The molecule has 26 heavy (non-hydrogen) atoms. The summed E-state index contributed by atoms with van der Waals surface area (Å²) < 4.78 is 2.23. The molecule has 0 atom stereocenters. The molecule has 0 saturated carbocycles. The molecular weight excluding hydrogens is 420 g/mol. The predicted octanol–water partition coefficient (Wildman–Crippen LogP) is 3.82. The zero-order valence-corrected chi connectivity index (χ0v) is 15.8. The fourth-order valence-electron chi connectivity index (χ4n) is 2.19. The van der Waals surface area contributed by atoms with Crippen LogP contribution >= 0.6 is 27.5 Å². The van der Waals surface area contributed by atoms with Crippen LogP contribution in [0.3, 0.4) is 0 Å². The number of phenolic OH excluding ortho intramolecular Hbond substituents is 1. The topological polar surface area (TPSA) is 79.5 Å². The number of nitrogens with zero attached hydrogens (tertiary/aromatic N) is 3. The summed E-state index contributed by atoms with van der Waals surface area (Å²) in [5, 5.41) is 18.1. The SMILES string of the molecule is O=C(NN=Cc1ccc(O)cc1)c1nn(Cc2ccc(Cl)cc2)cc1Br. The molecule has 0 aliphatic carbocycles. The van der Waals surface area contributed by atoms with E-state index in [0.717, 1.165) is 11.1 Å². The van der Waals surface area contributed by atoms with Crippen molar-refractivity contribution in [2.45, 2.75) is 6.54 Å². The lowest BCUT2D eigenvalue weighted by Gasteiger charge is -2.01. The molecule has 0 spiro atoms. The number of carbonyl (C=O) groups is 1. The van der Waals surface area contributed by atoms with Crippen molar-refractivity contribution in [2.24, 2.45) is 5.10 Å². The van der Waals surface area contributed by atoms with Crippen LogP contribution in [-0.4, -0.2) is 27.0 Å². The van der Waals surface area contributed by atoms with Crippen molar-refractivity contribution < 1.29 is 9.90 Å². The molecule has 0 saturated heterocycles. The summed E-state index contributed by atoms with van der Waals surface area (Å²) in [4.78, 5) is 12.2. The molecule has 6 nitrogen and oxygen atoms in total. The van der Waals surface area contributed by atoms with Gasteiger partial charge in [-0.1, -0.05) is 23.7 Å². The summed E-state index contributed by atoms with van der Waals surface area (Å²) in [6, 6.07) is 13.9. The van der Waals surface area contributed by atoms with Crippen LogP contribution in [0, 0.1) is 0 Å². The Labute approximate surface area is 163 Å². The highest BCUT2D eigenvalue weighted by Crippen LogP contribution is 2.17. The number of halogens is 2. The van der Waals surface area contributed by atoms with E-state index < -0.39 is 5.91 Å². The highest BCUT2D eigenvalue weighted by Gasteiger charge is 2.14. The lowest BCUT2D eigenvalue weighted by atomic mass is 10.2. The van der Waals surface area contributed by atoms with E-state index in [4.69, 9.17) is 11.6 Å². The van der Waals surface area contributed by atoms with Gasteiger partial charge in [0.1, 0.15) is 5.75 Å². The molecule has 0 fully saturated rings. The first-order valence-electron chi connectivity index (χ1n) is 7.61. The van der Waals surface area contributed by atoms with Crippen LogP contribution < -0.4 is 5.43 Å². The van der Waals surface area contributed by atoms with Gasteiger partial charge < -0.3 is 5.11 Å². The minimum absolute atomic E-state index is 0.168. The second-order valence-corrected chi connectivity index (χ2v) is 6.73. The Morgan fingerprint density at radius 1 is 1.23 bits per heavy atom. The van der Waals surface area contributed by atoms with Gasteiger partial charge in [-0.25, -0.2) is 5.43 Å². The van der Waals surface area contributed by atoms with E-state index in [1.807, 2.05) is 12.1 Å². The van der Waals surface area contributed by atoms with Gasteiger partial charge in [0.05, 0.1) is 17.2 Å². The maximum absolute atomic E-state index is 12.2. The number of benzene rings is 2. The number of hydrogen-bond acceptors (Lipinski definition) is 4. The molecule has 0 radical (unpaired) electrons. The van der Waals surface area contributed by atoms with E-state index in [2.05, 4.69) is 31.6 Å². The van der Waals surface area contributed by atoms with Crippen molar-refractivity contribution in [2.75, 3.05) is 0 Å². The number of hydrazone groups is 1. The first kappa shape index (κ1) is 18.2. The lowest BCUT2D eigenvalue weighted by Crippen LogP contribution is -2.19. The monoisotopic (exact) mass is 432 g/mol. The summed E-state index contributed by atoms with van der Waals surface area (Å²) in [6.07, 6.45) is 3.21. The van der Waals surface area contributed by atoms with Crippen molar-refractivity contribution >= 4 is 39.7 Å². The molecule has 8 heteroatoms. The summed E-state index contributed by atoms with van der Waals surface area (Å²) in [5.41, 5.74) is 4.43. The van der Waals surface area contributed by atoms with Crippen molar-refractivity contribution in [1.82, 2.24) is 15.2 Å². The van der Waals surface area contributed by atoms with Gasteiger partial charge in [-0.15, -0.1) is 0 Å². The third-order valence-corrected chi connectivity index (χ3v) is 4.30. The van der Waals surface area contributed by atoms with E-state index >= 15 is 0 Å². The van der Waals surface area contributed by atoms with Gasteiger partial charge in [0.25, 0.3) is 5.91 Å². The van der Waals surface area contributed by atoms with Gasteiger partial charge in [-0.3, -0.25) is 9.48 Å². The number of phenols is 1. The molecular formula is C18H14BrClN4O2. The molecule has 2 N–H and O–H groups in total. The Morgan fingerprint density at radius 2 is 1.92 bits per heavy atom. The number of aromatic hydroxyl groups is 1. The molecule has 1 amide bonds. The summed E-state index contributed by atoms with van der Waals surface area (Å²) >= 11 is 9.22. The van der Waals surface area contributed by atoms with E-state index in [1.54, 1.807) is 35.1 Å². The number of carbonyl (C=O) groups excluding carboxylic acids is 1. The number of rotatable bonds is 5. The minimum atomic E-state index is -0.429. The van der Waals surface area contributed by atoms with E-state index in [1.165, 1.54) is 18.3 Å². The third kappa shape index (κ3) is 4.71. The normalized spacial score (nSPS) is 11.0. The standard InChI is InChI=1S/C18H14BrClN4O2/c19-16-11-24(10-13-1-5-14(20)6-2-13)23-17(16)18(26)22-21-9-12-3-7-15(25)8-4-12/h1-9,11,25H,10H2,(H,22,26). The Morgan fingerprint density at radius 3 is 2.62 bits per heavy atom. The van der Waals surface area contributed by atoms with Crippen LogP contribution in [0.4, 0.5) is 0 Å². The van der Waals surface area contributed by atoms with Crippen LogP contribution in [0.2, 0.25) is 5.02 Å². The Balaban J connectivity index is 1.65. The van der Waals surface area contributed by atoms with E-state index in [0.29, 0.717) is 16.0 Å². The second kappa shape index (κ2) is 8.16. The Kier molecular flexibility index (Phi) is 5.70. The Hall–Kier alpha value is -2.64. The minimum Gasteiger partial charge on any atom is -0.508 e. The average molecular weight is 434 g/mol. The van der Waals surface area contributed by atoms with Gasteiger partial charge in [0.2, 0.25) is 0 Å².